The summed E-state index contributed by atoms with van der Waals surface area (Å²) in [6, 6.07) is 28.2. The minimum absolute atomic E-state index is 0.568. The highest BCUT2D eigenvalue weighted by molar-refractivity contribution is 6.10. The maximum atomic E-state index is 10.2. The third-order valence-electron chi connectivity index (χ3n) is 7.11. The minimum Gasteiger partial charge on any atom is -0.285 e. The molecule has 4 nitrogen and oxygen atoms in total. The molecule has 1 aliphatic heterocycles. The fraction of sp³-hybridized carbons (Fsp3) is 0.0312. The van der Waals surface area contributed by atoms with Crippen LogP contribution in [0.3, 0.4) is 0 Å². The van der Waals surface area contributed by atoms with E-state index in [1.165, 1.54) is 0 Å². The predicted molar refractivity (Wildman–Crippen MR) is 143 cm³/mol. The SMILES string of the molecule is C=[N+]1C=CC=C[C-]1c1c(C)ccc2c1[o+][c-]1c(-[n+]3c4ccccc4c4cccc[c-]43)c(C#N)ccc21. The fourth-order valence-corrected chi connectivity index (χ4v) is 5.49. The lowest BCUT2D eigenvalue weighted by Crippen LogP contribution is -2.31. The Balaban J connectivity index is 1.64. The van der Waals surface area contributed by atoms with Gasteiger partial charge in [-0.05, 0) is 39.8 Å². The number of hydrogen-bond acceptors (Lipinski definition) is 1. The Kier molecular flexibility index (Phi) is 4.24. The van der Waals surface area contributed by atoms with Crippen LogP contribution in [-0.2, 0) is 0 Å². The predicted octanol–water partition coefficient (Wildman–Crippen LogP) is 6.74. The molecule has 0 fully saturated rings. The van der Waals surface area contributed by atoms with Crippen LogP contribution in [0.4, 0.5) is 0 Å². The number of fused-ring (bicyclic) bond motifs is 6. The molecule has 3 heterocycles. The number of aromatic nitrogens is 1. The van der Waals surface area contributed by atoms with Crippen LogP contribution >= 0.6 is 0 Å². The van der Waals surface area contributed by atoms with Crippen molar-refractivity contribution in [1.82, 2.24) is 0 Å². The number of allylic oxidation sites excluding steroid dienone is 2. The zero-order valence-electron chi connectivity index (χ0n) is 19.7. The molecule has 1 aliphatic rings. The molecule has 2 aromatic heterocycles. The van der Waals surface area contributed by atoms with Gasteiger partial charge in [0, 0.05) is 5.56 Å². The van der Waals surface area contributed by atoms with E-state index in [-0.39, 0.29) is 0 Å². The van der Waals surface area contributed by atoms with Crippen LogP contribution in [0.15, 0.2) is 102 Å². The molecule has 0 unspecified atom stereocenters. The molecule has 0 atom stereocenters. The fourth-order valence-electron chi connectivity index (χ4n) is 5.49. The molecule has 0 spiro atoms. The van der Waals surface area contributed by atoms with E-state index in [9.17, 15) is 5.26 Å². The second kappa shape index (κ2) is 7.49. The van der Waals surface area contributed by atoms with Crippen LogP contribution in [0.1, 0.15) is 16.7 Å². The van der Waals surface area contributed by atoms with Crippen LogP contribution in [0, 0.1) is 24.3 Å². The first kappa shape index (κ1) is 20.4. The number of aryl methyl sites for hydroxylation is 1. The van der Waals surface area contributed by atoms with Crippen molar-refractivity contribution in [1.29, 1.82) is 5.26 Å². The maximum Gasteiger partial charge on any atom is 0.322 e. The van der Waals surface area contributed by atoms with E-state index in [2.05, 4.69) is 78.9 Å². The van der Waals surface area contributed by atoms with E-state index in [4.69, 9.17) is 4.42 Å². The van der Waals surface area contributed by atoms with Gasteiger partial charge in [-0.3, -0.25) is 8.99 Å². The van der Waals surface area contributed by atoms with Crippen LogP contribution in [0.25, 0.3) is 49.4 Å². The zero-order chi connectivity index (χ0) is 24.4. The Morgan fingerprint density at radius 2 is 1.78 bits per heavy atom. The number of furan rings is 1. The molecule has 7 rings (SSSR count). The molecule has 0 amide bonds. The van der Waals surface area contributed by atoms with Crippen molar-refractivity contribution < 1.29 is 13.6 Å². The van der Waals surface area contributed by atoms with Crippen molar-refractivity contribution in [2.24, 2.45) is 0 Å². The van der Waals surface area contributed by atoms with Gasteiger partial charge in [-0.2, -0.15) is 0 Å². The number of nitriles is 1. The van der Waals surface area contributed by atoms with E-state index in [0.29, 0.717) is 11.1 Å². The molecule has 0 N–H and O–H groups in total. The summed E-state index contributed by atoms with van der Waals surface area (Å²) in [6.07, 6.45) is 7.96. The van der Waals surface area contributed by atoms with Gasteiger partial charge in [0.25, 0.3) is 5.58 Å². The molecule has 170 valence electrons. The van der Waals surface area contributed by atoms with E-state index >= 15 is 0 Å². The molecular weight excluding hydrogens is 442 g/mol. The Morgan fingerprint density at radius 3 is 2.64 bits per heavy atom. The molecule has 0 aliphatic carbocycles. The zero-order valence-corrected chi connectivity index (χ0v) is 19.7. The van der Waals surface area contributed by atoms with E-state index in [1.54, 1.807) is 0 Å². The van der Waals surface area contributed by atoms with Gasteiger partial charge in [0.15, 0.2) is 6.04 Å². The average molecular weight is 464 g/mol. The van der Waals surface area contributed by atoms with Crippen LogP contribution in [0.5, 0.6) is 0 Å². The van der Waals surface area contributed by atoms with Crippen molar-refractivity contribution in [3.63, 3.8) is 0 Å². The molecule has 36 heavy (non-hydrogen) atoms. The quantitative estimate of drug-likeness (QED) is 0.162. The molecule has 0 radical (unpaired) electrons. The summed E-state index contributed by atoms with van der Waals surface area (Å²) < 4.78 is 10.8. The first-order valence-corrected chi connectivity index (χ1v) is 11.9. The standard InChI is InChI=1S/C32H21N3O/c1-20-14-16-24-25-17-15-21(19-33)30(32(25)36-31(24)29(20)28-13-7-8-18-34(28)2)35-26-11-5-3-9-22(26)23-10-4-6-12-27(23)35/h3-18H,2H2,1H3. The Labute approximate surface area is 207 Å². The number of hydrogen-bond donors (Lipinski definition) is 0. The first-order chi connectivity index (χ1) is 17.7. The summed E-state index contributed by atoms with van der Waals surface area (Å²) in [6.45, 7) is 6.27. The highest BCUT2D eigenvalue weighted by Gasteiger charge is 2.29. The number of rotatable bonds is 2. The third-order valence-corrected chi connectivity index (χ3v) is 7.11. The second-order valence-corrected chi connectivity index (χ2v) is 9.11. The molecule has 0 saturated heterocycles. The first-order valence-electron chi connectivity index (χ1n) is 11.9. The molecule has 0 bridgehead atoms. The topological polar surface area (TPSA) is 42.0 Å². The van der Waals surface area contributed by atoms with Crippen molar-refractivity contribution in [3.8, 4) is 11.8 Å². The van der Waals surface area contributed by atoms with Crippen LogP contribution in [-0.4, -0.2) is 11.3 Å². The Morgan fingerprint density at radius 1 is 0.917 bits per heavy atom. The summed E-state index contributed by atoms with van der Waals surface area (Å²) >= 11 is 0. The highest BCUT2D eigenvalue weighted by atomic mass is 16.3. The summed E-state index contributed by atoms with van der Waals surface area (Å²) in [4.78, 5) is 0. The van der Waals surface area contributed by atoms with E-state index < -0.39 is 0 Å². The van der Waals surface area contributed by atoms with Crippen LogP contribution in [0.2, 0.25) is 0 Å². The minimum atomic E-state index is 0.568. The molecule has 4 aromatic carbocycles. The van der Waals surface area contributed by atoms with Gasteiger partial charge in [0.05, 0.1) is 18.4 Å². The number of nitrogens with zero attached hydrogens (tertiary/aromatic N) is 3. The van der Waals surface area contributed by atoms with Gasteiger partial charge in [-0.15, -0.1) is 36.4 Å². The van der Waals surface area contributed by atoms with Gasteiger partial charge in [0.2, 0.25) is 5.69 Å². The molecule has 4 heteroatoms. The summed E-state index contributed by atoms with van der Waals surface area (Å²) in [7, 11) is 0. The monoisotopic (exact) mass is 463 g/mol. The van der Waals surface area contributed by atoms with Crippen molar-refractivity contribution in [3.05, 3.63) is 120 Å². The summed E-state index contributed by atoms with van der Waals surface area (Å²) in [5.74, 6) is 0. The lowest BCUT2D eigenvalue weighted by molar-refractivity contribution is -0.535. The van der Waals surface area contributed by atoms with Gasteiger partial charge < -0.3 is 0 Å². The molecular formula is C32H21N3O. The number of para-hydroxylation sites is 2. The van der Waals surface area contributed by atoms with Gasteiger partial charge in [-0.25, -0.2) is 9.83 Å². The number of benzene rings is 4. The second-order valence-electron chi connectivity index (χ2n) is 9.11. The van der Waals surface area contributed by atoms with Gasteiger partial charge in [0.1, 0.15) is 17.2 Å². The molecule has 6 aromatic rings. The Bertz CT molecular complexity index is 1940. The summed E-state index contributed by atoms with van der Waals surface area (Å²) in [5.41, 5.74) is 7.02. The van der Waals surface area contributed by atoms with Gasteiger partial charge in [-0.1, -0.05) is 48.9 Å². The lowest BCUT2D eigenvalue weighted by Gasteiger charge is -2.16. The van der Waals surface area contributed by atoms with Crippen molar-refractivity contribution in [2.45, 2.75) is 6.92 Å². The van der Waals surface area contributed by atoms with Crippen molar-refractivity contribution >= 4 is 50.5 Å². The summed E-state index contributed by atoms with van der Waals surface area (Å²) in [5, 5.41) is 14.5. The van der Waals surface area contributed by atoms with Gasteiger partial charge >= 0.3 is 5.58 Å². The van der Waals surface area contributed by atoms with E-state index in [0.717, 1.165) is 61.0 Å². The smallest absolute Gasteiger partial charge is 0.285 e. The molecule has 0 saturated carbocycles. The van der Waals surface area contributed by atoms with Crippen molar-refractivity contribution in [2.75, 3.05) is 0 Å². The average Bonchev–Trinajstić information content (AvgIpc) is 3.44. The normalized spacial score (nSPS) is 13.4. The maximum absolute atomic E-state index is 10.2. The largest absolute Gasteiger partial charge is 0.322 e. The third kappa shape index (κ3) is 2.68. The Hall–Kier alpha value is -5.01. The van der Waals surface area contributed by atoms with E-state index in [1.807, 2.05) is 47.2 Å². The highest BCUT2D eigenvalue weighted by Crippen LogP contribution is 2.40. The lowest BCUT2D eigenvalue weighted by atomic mass is 9.96. The van der Waals surface area contributed by atoms with Crippen LogP contribution < -0.4 is 4.57 Å².